The van der Waals surface area contributed by atoms with Crippen LogP contribution in [0.25, 0.3) is 16.6 Å². The number of methoxy groups -OCH3 is 2. The van der Waals surface area contributed by atoms with Gasteiger partial charge < -0.3 is 14.5 Å². The second kappa shape index (κ2) is 5.40. The van der Waals surface area contributed by atoms with E-state index in [-0.39, 0.29) is 5.56 Å². The van der Waals surface area contributed by atoms with Crippen LogP contribution in [-0.4, -0.2) is 23.8 Å². The van der Waals surface area contributed by atoms with E-state index in [2.05, 4.69) is 4.98 Å². The van der Waals surface area contributed by atoms with Crippen molar-refractivity contribution < 1.29 is 9.47 Å². The number of H-pyrrole nitrogens is 1. The summed E-state index contributed by atoms with van der Waals surface area (Å²) >= 11 is 0. The number of aromatic amines is 1. The lowest BCUT2D eigenvalue weighted by Gasteiger charge is -2.08. The smallest absolute Gasteiger partial charge is 0.333 e. The molecule has 0 saturated heterocycles. The molecule has 0 atom stereocenters. The van der Waals surface area contributed by atoms with Crippen LogP contribution in [0.15, 0.2) is 52.1 Å². The largest absolute Gasteiger partial charge is 0.497 e. The van der Waals surface area contributed by atoms with Gasteiger partial charge in [0.25, 0.3) is 5.56 Å². The number of ether oxygens (including phenoxy) is 2. The Morgan fingerprint density at radius 1 is 0.909 bits per heavy atom. The van der Waals surface area contributed by atoms with Crippen LogP contribution in [0.4, 0.5) is 0 Å². The van der Waals surface area contributed by atoms with Crippen molar-refractivity contribution in [3.63, 3.8) is 0 Å². The Bertz CT molecular complexity index is 939. The number of hydrogen-bond acceptors (Lipinski definition) is 4. The Morgan fingerprint density at radius 3 is 2.18 bits per heavy atom. The molecule has 0 aliphatic carbocycles. The van der Waals surface area contributed by atoms with Crippen LogP contribution < -0.4 is 20.7 Å². The van der Waals surface area contributed by atoms with Crippen LogP contribution in [0, 0.1) is 0 Å². The highest BCUT2D eigenvalue weighted by molar-refractivity contribution is 5.79. The number of nitrogens with zero attached hydrogens (tertiary/aromatic N) is 1. The Balaban J connectivity index is 2.25. The van der Waals surface area contributed by atoms with Gasteiger partial charge in [-0.1, -0.05) is 0 Å². The van der Waals surface area contributed by atoms with Gasteiger partial charge >= 0.3 is 5.69 Å². The summed E-state index contributed by atoms with van der Waals surface area (Å²) in [6.45, 7) is 0. The van der Waals surface area contributed by atoms with Gasteiger partial charge in [-0.25, -0.2) is 9.36 Å². The van der Waals surface area contributed by atoms with E-state index in [1.807, 2.05) is 0 Å². The third-order valence-corrected chi connectivity index (χ3v) is 3.44. The summed E-state index contributed by atoms with van der Waals surface area (Å²) in [6.07, 6.45) is 0. The molecule has 0 fully saturated rings. The quantitative estimate of drug-likeness (QED) is 0.798. The fraction of sp³-hybridized carbons (Fsp3) is 0.125. The molecule has 2 aromatic carbocycles. The third-order valence-electron chi connectivity index (χ3n) is 3.44. The molecule has 3 rings (SSSR count). The molecule has 1 N–H and O–H groups in total. The molecule has 1 heterocycles. The molecule has 0 saturated carbocycles. The molecule has 0 radical (unpaired) electrons. The standard InChI is InChI=1S/C16H14N2O4/c1-21-11-5-3-10(4-6-11)18-15(19)13-8-7-12(22-2)9-14(13)17-16(18)20/h3-9H,1-2H3,(H,17,20). The average Bonchev–Trinajstić information content (AvgIpc) is 2.55. The van der Waals surface area contributed by atoms with Crippen molar-refractivity contribution in [1.82, 2.24) is 9.55 Å². The third kappa shape index (κ3) is 2.24. The maximum Gasteiger partial charge on any atom is 0.333 e. The van der Waals surface area contributed by atoms with E-state index < -0.39 is 5.69 Å². The number of rotatable bonds is 3. The number of hydrogen-bond donors (Lipinski definition) is 1. The number of fused-ring (bicyclic) bond motifs is 1. The second-order valence-electron chi connectivity index (χ2n) is 4.68. The van der Waals surface area contributed by atoms with Crippen molar-refractivity contribution in [2.45, 2.75) is 0 Å². The fourth-order valence-electron chi connectivity index (χ4n) is 2.29. The first kappa shape index (κ1) is 13.9. The number of benzene rings is 2. The highest BCUT2D eigenvalue weighted by Crippen LogP contribution is 2.17. The van der Waals surface area contributed by atoms with Gasteiger partial charge in [0, 0.05) is 6.07 Å². The van der Waals surface area contributed by atoms with Gasteiger partial charge in [-0.15, -0.1) is 0 Å². The summed E-state index contributed by atoms with van der Waals surface area (Å²) in [5.74, 6) is 1.23. The van der Waals surface area contributed by atoms with Gasteiger partial charge in [0.15, 0.2) is 0 Å². The van der Waals surface area contributed by atoms with Crippen molar-refractivity contribution in [2.75, 3.05) is 14.2 Å². The van der Waals surface area contributed by atoms with Gasteiger partial charge in [0.2, 0.25) is 0 Å². The summed E-state index contributed by atoms with van der Waals surface area (Å²) in [7, 11) is 3.08. The van der Waals surface area contributed by atoms with Gasteiger partial charge in [-0.2, -0.15) is 0 Å². The molecule has 22 heavy (non-hydrogen) atoms. The van der Waals surface area contributed by atoms with Crippen molar-refractivity contribution in [3.8, 4) is 17.2 Å². The van der Waals surface area contributed by atoms with Gasteiger partial charge in [0.05, 0.1) is 30.8 Å². The highest BCUT2D eigenvalue weighted by atomic mass is 16.5. The van der Waals surface area contributed by atoms with Crippen molar-refractivity contribution >= 4 is 10.9 Å². The van der Waals surface area contributed by atoms with Gasteiger partial charge in [0.1, 0.15) is 11.5 Å². The first-order chi connectivity index (χ1) is 10.6. The summed E-state index contributed by atoms with van der Waals surface area (Å²) in [6, 6.07) is 11.6. The number of aromatic nitrogens is 2. The number of nitrogens with one attached hydrogen (secondary N) is 1. The molecule has 0 unspecified atom stereocenters. The molecule has 0 aliphatic rings. The molecular formula is C16H14N2O4. The minimum Gasteiger partial charge on any atom is -0.497 e. The molecule has 112 valence electrons. The minimum atomic E-state index is -0.504. The lowest BCUT2D eigenvalue weighted by atomic mass is 10.2. The van der Waals surface area contributed by atoms with Crippen molar-refractivity contribution in [1.29, 1.82) is 0 Å². The van der Waals surface area contributed by atoms with Crippen LogP contribution in [0.5, 0.6) is 11.5 Å². The van der Waals surface area contributed by atoms with Crippen LogP contribution in [0.2, 0.25) is 0 Å². The zero-order chi connectivity index (χ0) is 15.7. The molecule has 1 aromatic heterocycles. The minimum absolute atomic E-state index is 0.383. The van der Waals surface area contributed by atoms with Crippen LogP contribution in [0.3, 0.4) is 0 Å². The Labute approximate surface area is 125 Å². The molecule has 0 aliphatic heterocycles. The van der Waals surface area contributed by atoms with E-state index in [0.717, 1.165) is 4.57 Å². The summed E-state index contributed by atoms with van der Waals surface area (Å²) in [5, 5.41) is 0.413. The SMILES string of the molecule is COc1ccc(-n2c(=O)[nH]c3cc(OC)ccc3c2=O)cc1. The summed E-state index contributed by atoms with van der Waals surface area (Å²) < 4.78 is 11.3. The molecule has 0 amide bonds. The lowest BCUT2D eigenvalue weighted by molar-refractivity contribution is 0.414. The normalized spacial score (nSPS) is 10.6. The summed E-state index contributed by atoms with van der Waals surface area (Å²) in [4.78, 5) is 27.5. The molecule has 3 aromatic rings. The Hall–Kier alpha value is -3.02. The van der Waals surface area contributed by atoms with E-state index in [9.17, 15) is 9.59 Å². The van der Waals surface area contributed by atoms with Crippen LogP contribution >= 0.6 is 0 Å². The van der Waals surface area contributed by atoms with E-state index in [4.69, 9.17) is 9.47 Å². The second-order valence-corrected chi connectivity index (χ2v) is 4.68. The molecule has 0 spiro atoms. The van der Waals surface area contributed by atoms with E-state index in [1.54, 1.807) is 49.6 Å². The van der Waals surface area contributed by atoms with Crippen molar-refractivity contribution in [2.24, 2.45) is 0 Å². The first-order valence-electron chi connectivity index (χ1n) is 6.61. The van der Waals surface area contributed by atoms with E-state index in [0.29, 0.717) is 28.1 Å². The van der Waals surface area contributed by atoms with E-state index >= 15 is 0 Å². The Kier molecular flexibility index (Phi) is 3.42. The molecule has 6 nitrogen and oxygen atoms in total. The maximum absolute atomic E-state index is 12.6. The molecular weight excluding hydrogens is 284 g/mol. The van der Waals surface area contributed by atoms with Crippen LogP contribution in [0.1, 0.15) is 0 Å². The van der Waals surface area contributed by atoms with E-state index in [1.165, 1.54) is 7.11 Å². The van der Waals surface area contributed by atoms with Gasteiger partial charge in [-0.05, 0) is 36.4 Å². The fourth-order valence-corrected chi connectivity index (χ4v) is 2.29. The van der Waals surface area contributed by atoms with Crippen LogP contribution in [-0.2, 0) is 0 Å². The molecule has 0 bridgehead atoms. The average molecular weight is 298 g/mol. The van der Waals surface area contributed by atoms with Gasteiger partial charge in [-0.3, -0.25) is 4.79 Å². The highest BCUT2D eigenvalue weighted by Gasteiger charge is 2.10. The van der Waals surface area contributed by atoms with Crippen molar-refractivity contribution in [3.05, 3.63) is 63.3 Å². The zero-order valence-electron chi connectivity index (χ0n) is 12.1. The predicted molar refractivity (Wildman–Crippen MR) is 83.3 cm³/mol. The lowest BCUT2D eigenvalue weighted by Crippen LogP contribution is -2.33. The molecule has 6 heteroatoms. The first-order valence-corrected chi connectivity index (χ1v) is 6.61. The monoisotopic (exact) mass is 298 g/mol. The topological polar surface area (TPSA) is 73.3 Å². The maximum atomic E-state index is 12.6. The summed E-state index contributed by atoms with van der Waals surface area (Å²) in [5.41, 5.74) is 0.0337. The Morgan fingerprint density at radius 2 is 1.55 bits per heavy atom. The zero-order valence-corrected chi connectivity index (χ0v) is 12.1. The predicted octanol–water partition coefficient (Wildman–Crippen LogP) is 1.70.